The number of hydrogen-bond donors (Lipinski definition) is 1. The number of nitrogens with one attached hydrogen (secondary N) is 1. The Morgan fingerprint density at radius 1 is 1.40 bits per heavy atom. The summed E-state index contributed by atoms with van der Waals surface area (Å²) in [4.78, 5) is 6.75. The van der Waals surface area contributed by atoms with Crippen molar-refractivity contribution in [3.63, 3.8) is 0 Å². The Hall–Kier alpha value is -1.14. The standard InChI is InChI=1S/C14H23N3O2S/c1-17(12-6-3-4-7-12)11-10-16-14-13(20(2,18)19)8-5-9-15-14/h5,8-9,12H,3-4,6-7,10-11H2,1-2H3,(H,15,16). The van der Waals surface area contributed by atoms with Crippen molar-refractivity contribution in [1.82, 2.24) is 9.88 Å². The van der Waals surface area contributed by atoms with Gasteiger partial charge in [0.15, 0.2) is 9.84 Å². The SMILES string of the molecule is CN(CCNc1ncccc1S(C)(=O)=O)C1CCCC1. The molecule has 0 atom stereocenters. The van der Waals surface area contributed by atoms with Crippen molar-refractivity contribution >= 4 is 15.7 Å². The van der Waals surface area contributed by atoms with Gasteiger partial charge in [-0.05, 0) is 32.0 Å². The van der Waals surface area contributed by atoms with Gasteiger partial charge >= 0.3 is 0 Å². The van der Waals surface area contributed by atoms with Crippen molar-refractivity contribution in [2.45, 2.75) is 36.6 Å². The molecule has 112 valence electrons. The molecule has 0 unspecified atom stereocenters. The molecule has 1 aliphatic rings. The molecule has 1 aromatic rings. The van der Waals surface area contributed by atoms with Crippen LogP contribution in [0.25, 0.3) is 0 Å². The molecule has 2 rings (SSSR count). The van der Waals surface area contributed by atoms with Crippen LogP contribution in [0.3, 0.4) is 0 Å². The molecular formula is C14H23N3O2S. The van der Waals surface area contributed by atoms with Crippen molar-refractivity contribution in [1.29, 1.82) is 0 Å². The number of aromatic nitrogens is 1. The Morgan fingerprint density at radius 3 is 2.75 bits per heavy atom. The fraction of sp³-hybridized carbons (Fsp3) is 0.643. The van der Waals surface area contributed by atoms with Crippen LogP contribution >= 0.6 is 0 Å². The Balaban J connectivity index is 1.91. The lowest BCUT2D eigenvalue weighted by Crippen LogP contribution is -2.33. The zero-order chi connectivity index (χ0) is 14.6. The summed E-state index contributed by atoms with van der Waals surface area (Å²) in [5.74, 6) is 0.454. The maximum absolute atomic E-state index is 11.7. The third kappa shape index (κ3) is 3.93. The second-order valence-corrected chi connectivity index (χ2v) is 7.45. The van der Waals surface area contributed by atoms with E-state index in [2.05, 4.69) is 22.2 Å². The van der Waals surface area contributed by atoms with Gasteiger partial charge in [0.05, 0.1) is 0 Å². The summed E-state index contributed by atoms with van der Waals surface area (Å²) in [6, 6.07) is 3.91. The van der Waals surface area contributed by atoms with Crippen LogP contribution < -0.4 is 5.32 Å². The van der Waals surface area contributed by atoms with E-state index in [9.17, 15) is 8.42 Å². The molecule has 0 spiro atoms. The van der Waals surface area contributed by atoms with E-state index >= 15 is 0 Å². The van der Waals surface area contributed by atoms with E-state index in [1.165, 1.54) is 31.9 Å². The first-order chi connectivity index (χ1) is 9.48. The van der Waals surface area contributed by atoms with Gasteiger partial charge in [0.25, 0.3) is 0 Å². The van der Waals surface area contributed by atoms with Crippen LogP contribution in [0.5, 0.6) is 0 Å². The Morgan fingerprint density at radius 2 is 2.10 bits per heavy atom. The zero-order valence-corrected chi connectivity index (χ0v) is 13.0. The average Bonchev–Trinajstić information content (AvgIpc) is 2.92. The average molecular weight is 297 g/mol. The first kappa shape index (κ1) is 15.3. The van der Waals surface area contributed by atoms with Gasteiger partial charge in [0.2, 0.25) is 0 Å². The van der Waals surface area contributed by atoms with Crippen LogP contribution in [0.15, 0.2) is 23.2 Å². The maximum Gasteiger partial charge on any atom is 0.179 e. The van der Waals surface area contributed by atoms with E-state index < -0.39 is 9.84 Å². The van der Waals surface area contributed by atoms with Crippen LogP contribution in [0.4, 0.5) is 5.82 Å². The molecule has 0 bridgehead atoms. The van der Waals surface area contributed by atoms with E-state index in [0.717, 1.165) is 6.54 Å². The highest BCUT2D eigenvalue weighted by atomic mass is 32.2. The minimum atomic E-state index is -3.24. The Kier molecular flexibility index (Phi) is 4.99. The summed E-state index contributed by atoms with van der Waals surface area (Å²) >= 11 is 0. The van der Waals surface area contributed by atoms with Crippen LogP contribution in [-0.2, 0) is 9.84 Å². The third-order valence-corrected chi connectivity index (χ3v) is 5.00. The van der Waals surface area contributed by atoms with E-state index in [1.54, 1.807) is 18.3 Å². The number of pyridine rings is 1. The van der Waals surface area contributed by atoms with E-state index in [-0.39, 0.29) is 4.90 Å². The largest absolute Gasteiger partial charge is 0.368 e. The lowest BCUT2D eigenvalue weighted by Gasteiger charge is -2.24. The van der Waals surface area contributed by atoms with E-state index in [4.69, 9.17) is 0 Å². The number of hydrogen-bond acceptors (Lipinski definition) is 5. The molecule has 1 aromatic heterocycles. The highest BCUT2D eigenvalue weighted by Gasteiger charge is 2.19. The summed E-state index contributed by atoms with van der Waals surface area (Å²) < 4.78 is 23.3. The van der Waals surface area contributed by atoms with Gasteiger partial charge in [0.1, 0.15) is 10.7 Å². The Labute approximate surface area is 121 Å². The van der Waals surface area contributed by atoms with Gasteiger partial charge in [-0.1, -0.05) is 12.8 Å². The summed E-state index contributed by atoms with van der Waals surface area (Å²) in [6.45, 7) is 1.59. The zero-order valence-electron chi connectivity index (χ0n) is 12.2. The van der Waals surface area contributed by atoms with Crippen molar-refractivity contribution in [3.05, 3.63) is 18.3 Å². The first-order valence-electron chi connectivity index (χ1n) is 7.07. The molecule has 1 heterocycles. The smallest absolute Gasteiger partial charge is 0.179 e. The minimum Gasteiger partial charge on any atom is -0.368 e. The quantitative estimate of drug-likeness (QED) is 0.867. The number of nitrogens with zero attached hydrogens (tertiary/aromatic N) is 2. The molecule has 6 heteroatoms. The molecule has 5 nitrogen and oxygen atoms in total. The van der Waals surface area contributed by atoms with Crippen LogP contribution in [0.1, 0.15) is 25.7 Å². The fourth-order valence-corrected chi connectivity index (χ4v) is 3.50. The molecule has 0 aliphatic heterocycles. The van der Waals surface area contributed by atoms with Gasteiger partial charge in [-0.25, -0.2) is 13.4 Å². The topological polar surface area (TPSA) is 62.3 Å². The molecule has 20 heavy (non-hydrogen) atoms. The molecule has 1 saturated carbocycles. The fourth-order valence-electron chi connectivity index (χ4n) is 2.70. The number of likely N-dealkylation sites (N-methyl/N-ethyl adjacent to an activating group) is 1. The summed E-state index contributed by atoms with van der Waals surface area (Å²) in [5, 5.41) is 3.14. The van der Waals surface area contributed by atoms with Gasteiger partial charge in [-0.2, -0.15) is 0 Å². The van der Waals surface area contributed by atoms with Crippen molar-refractivity contribution in [2.75, 3.05) is 31.7 Å². The van der Waals surface area contributed by atoms with E-state index in [1.807, 2.05) is 0 Å². The van der Waals surface area contributed by atoms with Gasteiger partial charge in [-0.15, -0.1) is 0 Å². The molecule has 1 N–H and O–H groups in total. The number of rotatable bonds is 6. The van der Waals surface area contributed by atoms with Crippen molar-refractivity contribution < 1.29 is 8.42 Å². The van der Waals surface area contributed by atoms with Crippen LogP contribution in [-0.4, -0.2) is 50.7 Å². The highest BCUT2D eigenvalue weighted by Crippen LogP contribution is 2.22. The monoisotopic (exact) mass is 297 g/mol. The number of anilines is 1. The summed E-state index contributed by atoms with van der Waals surface area (Å²) in [5.41, 5.74) is 0. The predicted octanol–water partition coefficient (Wildman–Crippen LogP) is 1.77. The van der Waals surface area contributed by atoms with Crippen LogP contribution in [0, 0.1) is 0 Å². The normalized spacial score (nSPS) is 16.8. The van der Waals surface area contributed by atoms with Crippen molar-refractivity contribution in [3.8, 4) is 0 Å². The van der Waals surface area contributed by atoms with Gasteiger partial charge in [-0.3, -0.25) is 0 Å². The molecule has 0 aromatic carbocycles. The second kappa shape index (κ2) is 6.54. The highest BCUT2D eigenvalue weighted by molar-refractivity contribution is 7.90. The summed E-state index contributed by atoms with van der Waals surface area (Å²) in [6.07, 6.45) is 8.00. The van der Waals surface area contributed by atoms with Crippen LogP contribution in [0.2, 0.25) is 0 Å². The predicted molar refractivity (Wildman–Crippen MR) is 80.7 cm³/mol. The molecular weight excluding hydrogens is 274 g/mol. The summed E-state index contributed by atoms with van der Waals surface area (Å²) in [7, 11) is -1.11. The molecule has 0 radical (unpaired) electrons. The lowest BCUT2D eigenvalue weighted by atomic mass is 10.2. The minimum absolute atomic E-state index is 0.267. The molecule has 1 aliphatic carbocycles. The number of sulfone groups is 1. The molecule has 0 saturated heterocycles. The van der Waals surface area contributed by atoms with E-state index in [0.29, 0.717) is 18.4 Å². The van der Waals surface area contributed by atoms with Gasteiger partial charge in [0, 0.05) is 31.6 Å². The molecule has 1 fully saturated rings. The van der Waals surface area contributed by atoms with Gasteiger partial charge < -0.3 is 10.2 Å². The molecule has 0 amide bonds. The Bertz CT molecular complexity index is 539. The third-order valence-electron chi connectivity index (χ3n) is 3.88. The first-order valence-corrected chi connectivity index (χ1v) is 8.97. The lowest BCUT2D eigenvalue weighted by molar-refractivity contribution is 0.254. The second-order valence-electron chi connectivity index (χ2n) is 5.47. The van der Waals surface area contributed by atoms with Crippen molar-refractivity contribution in [2.24, 2.45) is 0 Å². The maximum atomic E-state index is 11.7.